The van der Waals surface area contributed by atoms with E-state index in [1.165, 1.54) is 95.6 Å². The maximum atomic E-state index is 4.19. The van der Waals surface area contributed by atoms with Crippen molar-refractivity contribution in [3.8, 4) is 0 Å². The molecule has 1 aromatic heterocycles. The average molecular weight is 411 g/mol. The van der Waals surface area contributed by atoms with Gasteiger partial charge in [-0.25, -0.2) is 4.98 Å². The van der Waals surface area contributed by atoms with Crippen LogP contribution in [0.15, 0.2) is 18.7 Å². The van der Waals surface area contributed by atoms with Gasteiger partial charge in [0.2, 0.25) is 0 Å². The van der Waals surface area contributed by atoms with E-state index in [0.717, 1.165) is 11.8 Å². The highest BCUT2D eigenvalue weighted by atomic mass is 32.2. The number of rotatable bonds is 15. The lowest BCUT2D eigenvalue weighted by molar-refractivity contribution is 0.515. The predicted octanol–water partition coefficient (Wildman–Crippen LogP) is 7.93. The Morgan fingerprint density at radius 2 is 1.70 bits per heavy atom. The number of hydrogen-bond acceptors (Lipinski definition) is 3. The first kappa shape index (κ1) is 23.2. The predicted molar refractivity (Wildman–Crippen MR) is 125 cm³/mol. The van der Waals surface area contributed by atoms with Crippen molar-refractivity contribution in [1.29, 1.82) is 0 Å². The summed E-state index contributed by atoms with van der Waals surface area (Å²) in [6.45, 7) is 5.76. The van der Waals surface area contributed by atoms with Gasteiger partial charge in [0.25, 0.3) is 0 Å². The summed E-state index contributed by atoms with van der Waals surface area (Å²) in [5.41, 5.74) is 0. The lowest BCUT2D eigenvalue weighted by atomic mass is 10.0. The molecule has 0 radical (unpaired) electrons. The maximum Gasteiger partial charge on any atom is 0.0945 e. The largest absolute Gasteiger partial charge is 0.337 e. The van der Waals surface area contributed by atoms with E-state index in [0.29, 0.717) is 4.08 Å². The van der Waals surface area contributed by atoms with Crippen molar-refractivity contribution in [3.05, 3.63) is 18.7 Å². The quantitative estimate of drug-likeness (QED) is 0.273. The first-order valence-corrected chi connectivity index (χ1v) is 13.4. The van der Waals surface area contributed by atoms with Crippen LogP contribution in [0, 0.1) is 0 Å². The summed E-state index contributed by atoms with van der Waals surface area (Å²) in [4.78, 5) is 4.19. The SMILES string of the molecule is CCCCCCCCCC1(CCCn2ccnc2)SCCC(CCCC)S1. The lowest BCUT2D eigenvalue weighted by Crippen LogP contribution is -2.30. The highest BCUT2D eigenvalue weighted by molar-refractivity contribution is 8.19. The van der Waals surface area contributed by atoms with Crippen LogP contribution in [0.2, 0.25) is 0 Å². The zero-order valence-electron chi connectivity index (χ0n) is 17.8. The molecule has 0 aliphatic carbocycles. The summed E-state index contributed by atoms with van der Waals surface area (Å²) in [6.07, 6.45) is 25.6. The smallest absolute Gasteiger partial charge is 0.0945 e. The van der Waals surface area contributed by atoms with Gasteiger partial charge in [0, 0.05) is 24.2 Å². The van der Waals surface area contributed by atoms with Gasteiger partial charge < -0.3 is 4.57 Å². The summed E-state index contributed by atoms with van der Waals surface area (Å²) >= 11 is 4.66. The highest BCUT2D eigenvalue weighted by Gasteiger charge is 2.36. The second-order valence-corrected chi connectivity index (χ2v) is 11.6. The van der Waals surface area contributed by atoms with Crippen LogP contribution in [0.4, 0.5) is 0 Å². The van der Waals surface area contributed by atoms with Crippen molar-refractivity contribution in [1.82, 2.24) is 9.55 Å². The minimum atomic E-state index is 0.487. The summed E-state index contributed by atoms with van der Waals surface area (Å²) in [5.74, 6) is 1.38. The lowest BCUT2D eigenvalue weighted by Gasteiger charge is -2.40. The number of aryl methyl sites for hydroxylation is 1. The van der Waals surface area contributed by atoms with Crippen LogP contribution >= 0.6 is 23.5 Å². The molecule has 2 nitrogen and oxygen atoms in total. The normalized spacial score (nSPS) is 23.0. The zero-order valence-corrected chi connectivity index (χ0v) is 19.5. The second kappa shape index (κ2) is 14.0. The Morgan fingerprint density at radius 1 is 0.963 bits per heavy atom. The molecule has 2 heterocycles. The fourth-order valence-corrected chi connectivity index (χ4v) is 8.18. The van der Waals surface area contributed by atoms with Crippen LogP contribution < -0.4 is 0 Å². The molecule has 0 N–H and O–H groups in total. The Morgan fingerprint density at radius 3 is 2.44 bits per heavy atom. The van der Waals surface area contributed by atoms with E-state index in [1.807, 2.05) is 12.5 Å². The molecule has 2 rings (SSSR count). The molecule has 0 saturated carbocycles. The molecular weight excluding hydrogens is 368 g/mol. The van der Waals surface area contributed by atoms with Crippen LogP contribution in [0.1, 0.15) is 104 Å². The zero-order chi connectivity index (χ0) is 19.2. The van der Waals surface area contributed by atoms with E-state index in [1.54, 1.807) is 0 Å². The molecule has 27 heavy (non-hydrogen) atoms. The van der Waals surface area contributed by atoms with E-state index in [4.69, 9.17) is 0 Å². The van der Waals surface area contributed by atoms with E-state index >= 15 is 0 Å². The molecule has 0 amide bonds. The van der Waals surface area contributed by atoms with E-state index in [2.05, 4.69) is 53.1 Å². The fourth-order valence-electron chi connectivity index (χ4n) is 4.10. The third-order valence-corrected chi connectivity index (χ3v) is 9.42. The van der Waals surface area contributed by atoms with Gasteiger partial charge in [0.15, 0.2) is 0 Å². The van der Waals surface area contributed by atoms with Gasteiger partial charge in [-0.05, 0) is 37.9 Å². The van der Waals surface area contributed by atoms with Crippen LogP contribution in [0.5, 0.6) is 0 Å². The monoisotopic (exact) mass is 410 g/mol. The first-order chi connectivity index (χ1) is 13.3. The number of imidazole rings is 1. The van der Waals surface area contributed by atoms with E-state index in [9.17, 15) is 0 Å². The third kappa shape index (κ3) is 9.30. The van der Waals surface area contributed by atoms with Crippen LogP contribution in [0.25, 0.3) is 0 Å². The molecule has 1 aromatic rings. The average Bonchev–Trinajstić information content (AvgIpc) is 3.19. The van der Waals surface area contributed by atoms with Gasteiger partial charge in [-0.2, -0.15) is 0 Å². The summed E-state index contributed by atoms with van der Waals surface area (Å²) < 4.78 is 2.73. The minimum Gasteiger partial charge on any atom is -0.337 e. The van der Waals surface area contributed by atoms with Gasteiger partial charge in [-0.1, -0.05) is 71.6 Å². The molecule has 0 aromatic carbocycles. The fraction of sp³-hybridized carbons (Fsp3) is 0.870. The van der Waals surface area contributed by atoms with Crippen molar-refractivity contribution in [2.24, 2.45) is 0 Å². The molecule has 1 fully saturated rings. The number of unbranched alkanes of at least 4 members (excludes halogenated alkanes) is 7. The molecule has 1 saturated heterocycles. The molecule has 1 aliphatic heterocycles. The molecule has 2 atom stereocenters. The summed E-state index contributed by atoms with van der Waals surface area (Å²) in [6, 6.07) is 0. The van der Waals surface area contributed by atoms with Crippen molar-refractivity contribution in [2.45, 2.75) is 120 Å². The molecule has 1 aliphatic rings. The summed E-state index contributed by atoms with van der Waals surface area (Å²) in [7, 11) is 0. The second-order valence-electron chi connectivity index (χ2n) is 8.21. The number of aromatic nitrogens is 2. The van der Waals surface area contributed by atoms with Crippen molar-refractivity contribution in [3.63, 3.8) is 0 Å². The van der Waals surface area contributed by atoms with E-state index in [-0.39, 0.29) is 0 Å². The molecule has 2 unspecified atom stereocenters. The number of thioether (sulfide) groups is 2. The van der Waals surface area contributed by atoms with E-state index < -0.39 is 0 Å². The Hall–Kier alpha value is -0.0900. The van der Waals surface area contributed by atoms with Crippen molar-refractivity contribution >= 4 is 23.5 Å². The minimum absolute atomic E-state index is 0.487. The Kier molecular flexibility index (Phi) is 12.0. The van der Waals surface area contributed by atoms with Crippen LogP contribution in [-0.4, -0.2) is 24.6 Å². The van der Waals surface area contributed by atoms with Gasteiger partial charge in [0.05, 0.1) is 10.4 Å². The van der Waals surface area contributed by atoms with Crippen molar-refractivity contribution in [2.75, 3.05) is 5.75 Å². The molecule has 0 bridgehead atoms. The maximum absolute atomic E-state index is 4.19. The van der Waals surface area contributed by atoms with Crippen molar-refractivity contribution < 1.29 is 0 Å². The third-order valence-electron chi connectivity index (χ3n) is 5.76. The Balaban J connectivity index is 1.79. The topological polar surface area (TPSA) is 17.8 Å². The molecular formula is C23H42N2S2. The molecule has 156 valence electrons. The highest BCUT2D eigenvalue weighted by Crippen LogP contribution is 2.52. The van der Waals surface area contributed by atoms with Gasteiger partial charge in [0.1, 0.15) is 0 Å². The first-order valence-electron chi connectivity index (χ1n) is 11.6. The summed E-state index contributed by atoms with van der Waals surface area (Å²) in [5, 5.41) is 0.906. The molecule has 4 heteroatoms. The number of hydrogen-bond donors (Lipinski definition) is 0. The van der Waals surface area contributed by atoms with Gasteiger partial charge >= 0.3 is 0 Å². The Bertz CT molecular complexity index is 463. The van der Waals surface area contributed by atoms with Gasteiger partial charge in [-0.15, -0.1) is 23.5 Å². The Labute approximate surface area is 177 Å². The van der Waals surface area contributed by atoms with Crippen LogP contribution in [0.3, 0.4) is 0 Å². The van der Waals surface area contributed by atoms with Gasteiger partial charge in [-0.3, -0.25) is 0 Å². The number of nitrogens with zero attached hydrogens (tertiary/aromatic N) is 2. The standard InChI is InChI=1S/C23H42N2S2/c1-3-5-7-8-9-10-11-15-23(16-12-18-25-19-17-24-21-25)26-20-14-22(27-23)13-6-4-2/h17,19,21-22H,3-16,18,20H2,1-2H3. The molecule has 0 spiro atoms. The van der Waals surface area contributed by atoms with Crippen LogP contribution in [-0.2, 0) is 6.54 Å².